The molecule has 0 rings (SSSR count). The maximum atomic E-state index is 10.5. The first-order valence-corrected chi connectivity index (χ1v) is 10.1. The first-order valence-electron chi connectivity index (χ1n) is 10.1. The van der Waals surface area contributed by atoms with E-state index < -0.39 is 6.16 Å². The van der Waals surface area contributed by atoms with Crippen molar-refractivity contribution in [1.29, 1.82) is 0 Å². The van der Waals surface area contributed by atoms with Crippen LogP contribution in [0.1, 0.15) is 104 Å². The zero-order chi connectivity index (χ0) is 18.3. The molecule has 4 nitrogen and oxygen atoms in total. The number of ether oxygens (including phenoxy) is 2. The van der Waals surface area contributed by atoms with Crippen molar-refractivity contribution in [3.63, 3.8) is 0 Å². The number of aliphatic hydroxyl groups is 1. The summed E-state index contributed by atoms with van der Waals surface area (Å²) in [6.07, 6.45) is 15.9. The molecule has 0 aromatic carbocycles. The Kier molecular flexibility index (Phi) is 26.0. The maximum absolute atomic E-state index is 10.5. The number of rotatable bonds is 15. The molecule has 0 bridgehead atoms. The van der Waals surface area contributed by atoms with Crippen LogP contribution in [0.4, 0.5) is 4.79 Å². The highest BCUT2D eigenvalue weighted by Crippen LogP contribution is 2.10. The van der Waals surface area contributed by atoms with Gasteiger partial charge in [-0.15, -0.1) is 0 Å². The van der Waals surface area contributed by atoms with Crippen molar-refractivity contribution in [3.8, 4) is 0 Å². The fourth-order valence-electron chi connectivity index (χ4n) is 2.19. The molecule has 0 amide bonds. The van der Waals surface area contributed by atoms with Crippen molar-refractivity contribution in [1.82, 2.24) is 0 Å². The van der Waals surface area contributed by atoms with E-state index in [0.29, 0.717) is 19.8 Å². The monoisotopic (exact) mass is 346 g/mol. The summed E-state index contributed by atoms with van der Waals surface area (Å²) in [5, 5.41) is 8.59. The summed E-state index contributed by atoms with van der Waals surface area (Å²) in [5.74, 6) is 0. The van der Waals surface area contributed by atoms with Crippen LogP contribution in [0.15, 0.2) is 0 Å². The summed E-state index contributed by atoms with van der Waals surface area (Å²) in [7, 11) is 0. The Labute approximate surface area is 150 Å². The van der Waals surface area contributed by atoms with Crippen LogP contribution < -0.4 is 0 Å². The second-order valence-electron chi connectivity index (χ2n) is 6.21. The lowest BCUT2D eigenvalue weighted by atomic mass is 10.1. The molecule has 0 atom stereocenters. The van der Waals surface area contributed by atoms with E-state index in [1.807, 2.05) is 13.8 Å². The second-order valence-corrected chi connectivity index (χ2v) is 6.21. The summed E-state index contributed by atoms with van der Waals surface area (Å²) in [4.78, 5) is 10.5. The quantitative estimate of drug-likeness (QED) is 0.281. The van der Waals surface area contributed by atoms with Crippen molar-refractivity contribution in [2.24, 2.45) is 0 Å². The fourth-order valence-corrected chi connectivity index (χ4v) is 2.19. The van der Waals surface area contributed by atoms with Crippen LogP contribution in [0.2, 0.25) is 0 Å². The Morgan fingerprint density at radius 1 is 0.625 bits per heavy atom. The molecule has 0 saturated carbocycles. The summed E-state index contributed by atoms with van der Waals surface area (Å²) in [6.45, 7) is 7.41. The Morgan fingerprint density at radius 3 is 1.33 bits per heavy atom. The molecule has 4 heteroatoms. The lowest BCUT2D eigenvalue weighted by molar-refractivity contribution is 0.0555. The van der Waals surface area contributed by atoms with Gasteiger partial charge in [-0.1, -0.05) is 85.0 Å². The highest BCUT2D eigenvalue weighted by atomic mass is 16.7. The molecule has 1 N–H and O–H groups in total. The molecule has 0 aromatic heterocycles. The molecule has 0 aliphatic carbocycles. The molecular weight excluding hydrogens is 304 g/mol. The van der Waals surface area contributed by atoms with Gasteiger partial charge in [0, 0.05) is 6.61 Å². The van der Waals surface area contributed by atoms with Crippen LogP contribution >= 0.6 is 0 Å². The third-order valence-electron chi connectivity index (χ3n) is 3.61. The number of aliphatic hydroxyl groups excluding tert-OH is 1. The molecule has 24 heavy (non-hydrogen) atoms. The molecule has 0 radical (unpaired) electrons. The van der Waals surface area contributed by atoms with E-state index in [-0.39, 0.29) is 0 Å². The number of carbonyl (C=O) groups is 1. The predicted molar refractivity (Wildman–Crippen MR) is 101 cm³/mol. The Balaban J connectivity index is 0. The molecule has 0 heterocycles. The normalized spacial score (nSPS) is 10.0. The molecule has 0 fully saturated rings. The summed E-state index contributed by atoms with van der Waals surface area (Å²) in [5.41, 5.74) is 0. The largest absolute Gasteiger partial charge is 0.508 e. The molecule has 0 unspecified atom stereocenters. The predicted octanol–water partition coefficient (Wildman–Crippen LogP) is 6.25. The second kappa shape index (κ2) is 24.5. The van der Waals surface area contributed by atoms with E-state index in [1.165, 1.54) is 64.2 Å². The molecule has 0 aromatic rings. The molecule has 0 saturated heterocycles. The minimum atomic E-state index is -0.552. The van der Waals surface area contributed by atoms with Gasteiger partial charge in [-0.25, -0.2) is 4.79 Å². The van der Waals surface area contributed by atoms with Gasteiger partial charge in [0.25, 0.3) is 0 Å². The topological polar surface area (TPSA) is 55.8 Å². The van der Waals surface area contributed by atoms with Gasteiger partial charge in [-0.05, 0) is 19.3 Å². The van der Waals surface area contributed by atoms with Gasteiger partial charge >= 0.3 is 6.16 Å². The van der Waals surface area contributed by atoms with Gasteiger partial charge in [-0.2, -0.15) is 0 Å². The Hall–Kier alpha value is -0.770. The van der Waals surface area contributed by atoms with Crippen LogP contribution in [0.25, 0.3) is 0 Å². The third-order valence-corrected chi connectivity index (χ3v) is 3.61. The SMILES string of the molecule is CCCCCCCCCCCCCO.CCCOC(=O)OCCC. The number of hydrogen-bond acceptors (Lipinski definition) is 4. The standard InChI is InChI=1S/C13H28O.C7H14O3/c1-2-3-4-5-6-7-8-9-10-11-12-13-14;1-3-5-9-7(8)10-6-4-2/h14H,2-13H2,1H3;3-6H2,1-2H3. The van der Waals surface area contributed by atoms with E-state index in [9.17, 15) is 4.79 Å². The van der Waals surface area contributed by atoms with E-state index >= 15 is 0 Å². The van der Waals surface area contributed by atoms with Crippen molar-refractivity contribution in [3.05, 3.63) is 0 Å². The first-order chi connectivity index (χ1) is 11.7. The van der Waals surface area contributed by atoms with Gasteiger partial charge in [0.1, 0.15) is 0 Å². The summed E-state index contributed by atoms with van der Waals surface area (Å²) in [6, 6.07) is 0. The smallest absolute Gasteiger partial charge is 0.434 e. The molecule has 146 valence electrons. The molecular formula is C20H42O4. The lowest BCUT2D eigenvalue weighted by Gasteiger charge is -2.02. The van der Waals surface area contributed by atoms with E-state index in [4.69, 9.17) is 5.11 Å². The van der Waals surface area contributed by atoms with Crippen LogP contribution in [0, 0.1) is 0 Å². The van der Waals surface area contributed by atoms with Gasteiger partial charge in [-0.3, -0.25) is 0 Å². The Bertz CT molecular complexity index is 210. The van der Waals surface area contributed by atoms with Crippen LogP contribution in [-0.4, -0.2) is 31.1 Å². The Morgan fingerprint density at radius 2 is 1.00 bits per heavy atom. The molecule has 0 spiro atoms. The lowest BCUT2D eigenvalue weighted by Crippen LogP contribution is -2.08. The van der Waals surface area contributed by atoms with Crippen molar-refractivity contribution in [2.75, 3.05) is 19.8 Å². The maximum Gasteiger partial charge on any atom is 0.508 e. The minimum Gasteiger partial charge on any atom is -0.434 e. The summed E-state index contributed by atoms with van der Waals surface area (Å²) >= 11 is 0. The highest BCUT2D eigenvalue weighted by Gasteiger charge is 1.99. The van der Waals surface area contributed by atoms with E-state index in [1.54, 1.807) is 0 Å². The third kappa shape index (κ3) is 26.1. The van der Waals surface area contributed by atoms with E-state index in [0.717, 1.165) is 19.3 Å². The van der Waals surface area contributed by atoms with Crippen LogP contribution in [-0.2, 0) is 9.47 Å². The van der Waals surface area contributed by atoms with Gasteiger partial charge in [0.05, 0.1) is 13.2 Å². The average molecular weight is 347 g/mol. The van der Waals surface area contributed by atoms with Crippen molar-refractivity contribution in [2.45, 2.75) is 104 Å². The van der Waals surface area contributed by atoms with Crippen LogP contribution in [0.3, 0.4) is 0 Å². The van der Waals surface area contributed by atoms with E-state index in [2.05, 4.69) is 16.4 Å². The first kappa shape index (κ1) is 25.5. The summed E-state index contributed by atoms with van der Waals surface area (Å²) < 4.78 is 9.26. The number of hydrogen-bond donors (Lipinski definition) is 1. The minimum absolute atomic E-state index is 0.372. The van der Waals surface area contributed by atoms with Gasteiger partial charge in [0.15, 0.2) is 0 Å². The van der Waals surface area contributed by atoms with Gasteiger partial charge in [0.2, 0.25) is 0 Å². The van der Waals surface area contributed by atoms with Gasteiger partial charge < -0.3 is 14.6 Å². The average Bonchev–Trinajstić information content (AvgIpc) is 2.60. The number of unbranched alkanes of at least 4 members (excludes halogenated alkanes) is 10. The zero-order valence-corrected chi connectivity index (χ0v) is 16.5. The zero-order valence-electron chi connectivity index (χ0n) is 16.5. The number of carbonyl (C=O) groups excluding carboxylic acids is 1. The highest BCUT2D eigenvalue weighted by molar-refractivity contribution is 5.59. The fraction of sp³-hybridized carbons (Fsp3) is 0.950. The molecule has 0 aliphatic rings. The van der Waals surface area contributed by atoms with Crippen LogP contribution in [0.5, 0.6) is 0 Å². The van der Waals surface area contributed by atoms with Crippen molar-refractivity contribution >= 4 is 6.16 Å². The van der Waals surface area contributed by atoms with Crippen molar-refractivity contribution < 1.29 is 19.4 Å². The molecule has 0 aliphatic heterocycles.